The van der Waals surface area contributed by atoms with Crippen molar-refractivity contribution >= 4 is 0 Å². The summed E-state index contributed by atoms with van der Waals surface area (Å²) in [6, 6.07) is 5.02. The number of aliphatic hydroxyl groups is 1. The van der Waals surface area contributed by atoms with Crippen LogP contribution < -0.4 is 0 Å². The van der Waals surface area contributed by atoms with Crippen molar-refractivity contribution in [3.8, 4) is 0 Å². The van der Waals surface area contributed by atoms with Crippen LogP contribution in [0, 0.1) is 13.8 Å². The molecule has 0 fully saturated rings. The Kier molecular flexibility index (Phi) is 1.18. The Morgan fingerprint density at radius 1 is 1.50 bits per heavy atom. The summed E-state index contributed by atoms with van der Waals surface area (Å²) >= 11 is 0. The second-order valence-corrected chi connectivity index (χ2v) is 2.26. The molecule has 0 amide bonds. The van der Waals surface area contributed by atoms with Crippen molar-refractivity contribution < 1.29 is 9.22 Å². The Morgan fingerprint density at radius 3 is 2.70 bits per heavy atom. The normalized spacial score (nSPS) is 15.6. The highest BCUT2D eigenvalue weighted by Gasteiger charge is 1.97. The number of hydrogen-bond donors (Lipinski definition) is 1. The Hall–Kier alpha value is -0.820. The number of aliphatic hydroxyl groups excluding tert-OH is 1. The van der Waals surface area contributed by atoms with E-state index in [1.165, 1.54) is 6.07 Å². The van der Waals surface area contributed by atoms with Gasteiger partial charge in [-0.3, -0.25) is 0 Å². The van der Waals surface area contributed by atoms with Crippen LogP contribution in [-0.4, -0.2) is 5.11 Å². The first kappa shape index (κ1) is 4.14. The molecule has 1 rings (SSSR count). The van der Waals surface area contributed by atoms with E-state index in [1.807, 2.05) is 0 Å². The van der Waals surface area contributed by atoms with Gasteiger partial charge in [-0.05, 0) is 30.5 Å². The summed E-state index contributed by atoms with van der Waals surface area (Å²) in [4.78, 5) is 0. The van der Waals surface area contributed by atoms with Crippen LogP contribution in [0.1, 0.15) is 20.8 Å². The fourth-order valence-corrected chi connectivity index (χ4v) is 0.912. The monoisotopic (exact) mass is 139 g/mol. The lowest BCUT2D eigenvalue weighted by molar-refractivity contribution is 0.280. The summed E-state index contributed by atoms with van der Waals surface area (Å²) in [7, 11) is 0. The maximum absolute atomic E-state index is 9.01. The molecule has 0 heterocycles. The van der Waals surface area contributed by atoms with Crippen LogP contribution in [0.15, 0.2) is 18.2 Å². The van der Waals surface area contributed by atoms with Gasteiger partial charge in [0.1, 0.15) is 0 Å². The summed E-state index contributed by atoms with van der Waals surface area (Å²) in [5.41, 5.74) is 1.58. The highest BCUT2D eigenvalue weighted by atomic mass is 16.3. The lowest BCUT2D eigenvalue weighted by atomic mass is 10.0. The number of rotatable bonds is 1. The van der Waals surface area contributed by atoms with Crippen LogP contribution in [0.25, 0.3) is 0 Å². The van der Waals surface area contributed by atoms with Crippen molar-refractivity contribution in [1.29, 1.82) is 0 Å². The van der Waals surface area contributed by atoms with E-state index in [-0.39, 0.29) is 12.2 Å². The van der Waals surface area contributed by atoms with Crippen LogP contribution in [-0.2, 0) is 6.61 Å². The molecular formula is C9H12O. The Bertz CT molecular complexity index is 304. The molecule has 1 nitrogen and oxygen atoms in total. The third-order valence-corrected chi connectivity index (χ3v) is 1.57. The van der Waals surface area contributed by atoms with Crippen molar-refractivity contribution in [1.82, 2.24) is 0 Å². The molecule has 10 heavy (non-hydrogen) atoms. The fourth-order valence-electron chi connectivity index (χ4n) is 0.912. The molecule has 0 bridgehead atoms. The first-order valence-corrected chi connectivity index (χ1v) is 3.16. The molecule has 1 heteroatoms. The first-order chi connectivity index (χ1) is 5.96. The maximum atomic E-state index is 9.01. The van der Waals surface area contributed by atoms with Crippen LogP contribution in [0.2, 0.25) is 0 Å². The summed E-state index contributed by atoms with van der Waals surface area (Å²) < 4.78 is 21.7. The molecule has 0 unspecified atom stereocenters. The van der Waals surface area contributed by atoms with Gasteiger partial charge in [0.25, 0.3) is 0 Å². The van der Waals surface area contributed by atoms with Crippen molar-refractivity contribution in [3.05, 3.63) is 34.9 Å². The molecule has 54 valence electrons. The molecule has 0 saturated carbocycles. The van der Waals surface area contributed by atoms with E-state index < -0.39 is 6.85 Å². The zero-order valence-corrected chi connectivity index (χ0v) is 5.89. The van der Waals surface area contributed by atoms with Crippen molar-refractivity contribution in [2.75, 3.05) is 0 Å². The standard InChI is InChI=1S/C9H12O/c1-7-4-3-5-8(2)9(7)6-10/h3-5,10H,6H2,1-2H3/i1D3. The van der Waals surface area contributed by atoms with Gasteiger partial charge in [0.15, 0.2) is 0 Å². The molecule has 1 aromatic rings. The number of aryl methyl sites for hydroxylation is 2. The summed E-state index contributed by atoms with van der Waals surface area (Å²) in [6.07, 6.45) is 0. The Labute approximate surface area is 65.5 Å². The van der Waals surface area contributed by atoms with Gasteiger partial charge in [-0.1, -0.05) is 18.2 Å². The largest absolute Gasteiger partial charge is 0.392 e. The smallest absolute Gasteiger partial charge is 0.0686 e. The number of hydrogen-bond acceptors (Lipinski definition) is 1. The quantitative estimate of drug-likeness (QED) is 0.629. The second kappa shape index (κ2) is 2.84. The first-order valence-electron chi connectivity index (χ1n) is 4.66. The SMILES string of the molecule is [2H]C([2H])([2H])c1cccc(C)c1CO. The van der Waals surface area contributed by atoms with Gasteiger partial charge in [-0.2, -0.15) is 0 Å². The maximum Gasteiger partial charge on any atom is 0.0686 e. The van der Waals surface area contributed by atoms with Gasteiger partial charge in [0.2, 0.25) is 0 Å². The second-order valence-electron chi connectivity index (χ2n) is 2.26. The van der Waals surface area contributed by atoms with Gasteiger partial charge < -0.3 is 5.11 Å². The minimum Gasteiger partial charge on any atom is -0.392 e. The molecule has 0 aliphatic rings. The average Bonchev–Trinajstić information content (AvgIpc) is 2.02. The lowest BCUT2D eigenvalue weighted by Gasteiger charge is -2.04. The van der Waals surface area contributed by atoms with E-state index in [0.29, 0.717) is 5.56 Å². The van der Waals surface area contributed by atoms with Crippen LogP contribution in [0.5, 0.6) is 0 Å². The van der Waals surface area contributed by atoms with Crippen molar-refractivity contribution in [2.24, 2.45) is 0 Å². The molecule has 0 aliphatic carbocycles. The number of benzene rings is 1. The van der Waals surface area contributed by atoms with Gasteiger partial charge in [-0.25, -0.2) is 0 Å². The molecule has 0 aliphatic heterocycles. The van der Waals surface area contributed by atoms with Crippen LogP contribution >= 0.6 is 0 Å². The predicted octanol–water partition coefficient (Wildman–Crippen LogP) is 1.80. The highest BCUT2D eigenvalue weighted by molar-refractivity contribution is 5.32. The van der Waals surface area contributed by atoms with Crippen molar-refractivity contribution in [2.45, 2.75) is 20.4 Å². The summed E-state index contributed by atoms with van der Waals surface area (Å²) in [5.74, 6) is 0. The van der Waals surface area contributed by atoms with E-state index in [9.17, 15) is 0 Å². The Morgan fingerprint density at radius 2 is 2.20 bits per heavy atom. The predicted molar refractivity (Wildman–Crippen MR) is 41.8 cm³/mol. The molecule has 0 atom stereocenters. The fraction of sp³-hybridized carbons (Fsp3) is 0.333. The molecule has 0 radical (unpaired) electrons. The van der Waals surface area contributed by atoms with Gasteiger partial charge in [0.05, 0.1) is 6.61 Å². The molecule has 1 aromatic carbocycles. The highest BCUT2D eigenvalue weighted by Crippen LogP contribution is 2.11. The summed E-state index contributed by atoms with van der Waals surface area (Å²) in [6.45, 7) is -0.564. The van der Waals surface area contributed by atoms with E-state index >= 15 is 0 Å². The minimum atomic E-state index is -2.13. The third kappa shape index (κ3) is 1.19. The van der Waals surface area contributed by atoms with Crippen LogP contribution in [0.4, 0.5) is 0 Å². The zero-order valence-electron chi connectivity index (χ0n) is 8.89. The van der Waals surface area contributed by atoms with Crippen molar-refractivity contribution in [3.63, 3.8) is 0 Å². The van der Waals surface area contributed by atoms with E-state index in [4.69, 9.17) is 9.22 Å². The average molecular weight is 139 g/mol. The van der Waals surface area contributed by atoms with Gasteiger partial charge in [-0.15, -0.1) is 0 Å². The molecular weight excluding hydrogens is 124 g/mol. The lowest BCUT2D eigenvalue weighted by Crippen LogP contribution is -1.91. The summed E-state index contributed by atoms with van der Waals surface area (Å²) in [5, 5.41) is 9.01. The molecule has 1 N–H and O–H groups in total. The van der Waals surface area contributed by atoms with E-state index in [0.717, 1.165) is 5.56 Å². The third-order valence-electron chi connectivity index (χ3n) is 1.57. The molecule has 0 saturated heterocycles. The molecule has 0 aromatic heterocycles. The zero-order chi connectivity index (χ0) is 10.1. The van der Waals surface area contributed by atoms with Gasteiger partial charge >= 0.3 is 0 Å². The minimum absolute atomic E-state index is 0.222. The molecule has 0 spiro atoms. The van der Waals surface area contributed by atoms with E-state index in [2.05, 4.69) is 0 Å². The van der Waals surface area contributed by atoms with Gasteiger partial charge in [0, 0.05) is 4.11 Å². The topological polar surface area (TPSA) is 20.2 Å². The Balaban J connectivity index is 3.29. The van der Waals surface area contributed by atoms with Crippen LogP contribution in [0.3, 0.4) is 0 Å². The van der Waals surface area contributed by atoms with E-state index in [1.54, 1.807) is 19.1 Å².